The fourth-order valence-corrected chi connectivity index (χ4v) is 2.57. The standard InChI is InChI=1S/C15H21FN2O/c1-12-4-2-3-9-18(12)15(19)11-17-10-13-5-7-14(16)8-6-13/h5-8,12,17H,2-4,9-11H2,1H3/p+1/t12-/m1/s1. The molecular formula is C15H22FN2O+. The van der Waals surface area contributed by atoms with Gasteiger partial charge in [0.25, 0.3) is 5.91 Å². The van der Waals surface area contributed by atoms with Crippen LogP contribution in [0.1, 0.15) is 31.7 Å². The van der Waals surface area contributed by atoms with Gasteiger partial charge in [-0.2, -0.15) is 0 Å². The zero-order valence-electron chi connectivity index (χ0n) is 11.4. The van der Waals surface area contributed by atoms with Gasteiger partial charge in [-0.1, -0.05) is 12.1 Å². The van der Waals surface area contributed by atoms with Gasteiger partial charge in [0, 0.05) is 18.2 Å². The minimum atomic E-state index is -0.220. The van der Waals surface area contributed by atoms with Crippen LogP contribution in [0.4, 0.5) is 4.39 Å². The molecule has 1 atom stereocenters. The van der Waals surface area contributed by atoms with Crippen molar-refractivity contribution in [2.24, 2.45) is 0 Å². The SMILES string of the molecule is C[C@@H]1CCCCN1C(=O)C[NH2+]Cc1ccc(F)cc1. The van der Waals surface area contributed by atoms with E-state index >= 15 is 0 Å². The number of hydrogen-bond donors (Lipinski definition) is 1. The molecular weight excluding hydrogens is 243 g/mol. The number of likely N-dealkylation sites (tertiary alicyclic amines) is 1. The molecule has 0 saturated carbocycles. The highest BCUT2D eigenvalue weighted by Crippen LogP contribution is 2.15. The lowest BCUT2D eigenvalue weighted by molar-refractivity contribution is -0.660. The number of nitrogens with two attached hydrogens (primary N) is 1. The van der Waals surface area contributed by atoms with E-state index in [4.69, 9.17) is 0 Å². The first-order valence-electron chi connectivity index (χ1n) is 7.02. The first-order valence-corrected chi connectivity index (χ1v) is 7.02. The second kappa shape index (κ2) is 6.66. The molecule has 2 rings (SSSR count). The molecule has 1 fully saturated rings. The van der Waals surface area contributed by atoms with Crippen LogP contribution >= 0.6 is 0 Å². The highest BCUT2D eigenvalue weighted by Gasteiger charge is 2.23. The molecule has 2 N–H and O–H groups in total. The predicted molar refractivity (Wildman–Crippen MR) is 71.9 cm³/mol. The van der Waals surface area contributed by atoms with Gasteiger partial charge in [-0.25, -0.2) is 4.39 Å². The van der Waals surface area contributed by atoms with Crippen molar-refractivity contribution in [1.82, 2.24) is 4.90 Å². The highest BCUT2D eigenvalue weighted by molar-refractivity contribution is 5.77. The molecule has 0 unspecified atom stereocenters. The Morgan fingerprint density at radius 3 is 2.79 bits per heavy atom. The van der Waals surface area contributed by atoms with Crippen molar-refractivity contribution in [3.63, 3.8) is 0 Å². The van der Waals surface area contributed by atoms with Gasteiger partial charge in [-0.05, 0) is 38.3 Å². The summed E-state index contributed by atoms with van der Waals surface area (Å²) in [6, 6.07) is 6.81. The molecule has 1 heterocycles. The smallest absolute Gasteiger partial charge is 0.277 e. The Balaban J connectivity index is 1.75. The predicted octanol–water partition coefficient (Wildman–Crippen LogP) is 1.29. The molecule has 4 heteroatoms. The van der Waals surface area contributed by atoms with Crippen LogP contribution in [0.15, 0.2) is 24.3 Å². The molecule has 0 bridgehead atoms. The van der Waals surface area contributed by atoms with Gasteiger partial charge in [-0.3, -0.25) is 4.79 Å². The minimum Gasteiger partial charge on any atom is -0.335 e. The number of carbonyl (C=O) groups excluding carboxylic acids is 1. The maximum absolute atomic E-state index is 12.8. The van der Waals surface area contributed by atoms with Crippen LogP contribution in [0.5, 0.6) is 0 Å². The van der Waals surface area contributed by atoms with E-state index in [9.17, 15) is 9.18 Å². The molecule has 0 aliphatic carbocycles. The molecule has 0 radical (unpaired) electrons. The molecule has 104 valence electrons. The lowest BCUT2D eigenvalue weighted by atomic mass is 10.0. The number of amides is 1. The number of piperidine rings is 1. The quantitative estimate of drug-likeness (QED) is 0.875. The minimum absolute atomic E-state index is 0.217. The van der Waals surface area contributed by atoms with E-state index in [1.807, 2.05) is 10.2 Å². The number of rotatable bonds is 4. The fourth-order valence-electron chi connectivity index (χ4n) is 2.57. The van der Waals surface area contributed by atoms with Crippen molar-refractivity contribution in [2.45, 2.75) is 38.8 Å². The van der Waals surface area contributed by atoms with Gasteiger partial charge in [0.2, 0.25) is 0 Å². The fraction of sp³-hybridized carbons (Fsp3) is 0.533. The molecule has 1 amide bonds. The highest BCUT2D eigenvalue weighted by atomic mass is 19.1. The maximum Gasteiger partial charge on any atom is 0.277 e. The normalized spacial score (nSPS) is 19.5. The second-order valence-electron chi connectivity index (χ2n) is 5.26. The summed E-state index contributed by atoms with van der Waals surface area (Å²) in [7, 11) is 0. The van der Waals surface area contributed by atoms with E-state index in [1.54, 1.807) is 12.1 Å². The average molecular weight is 265 g/mol. The Kier molecular flexibility index (Phi) is 4.91. The van der Waals surface area contributed by atoms with Crippen molar-refractivity contribution in [2.75, 3.05) is 13.1 Å². The lowest BCUT2D eigenvalue weighted by Crippen LogP contribution is -2.85. The molecule has 1 aliphatic heterocycles. The van der Waals surface area contributed by atoms with Gasteiger partial charge >= 0.3 is 0 Å². The Hall–Kier alpha value is -1.42. The maximum atomic E-state index is 12.8. The zero-order valence-corrected chi connectivity index (χ0v) is 11.4. The van der Waals surface area contributed by atoms with E-state index in [0.717, 1.165) is 24.9 Å². The molecule has 1 aliphatic rings. The topological polar surface area (TPSA) is 36.9 Å². The summed E-state index contributed by atoms with van der Waals surface area (Å²) in [6.45, 7) is 4.21. The van der Waals surface area contributed by atoms with Crippen molar-refractivity contribution >= 4 is 5.91 Å². The number of nitrogens with zero attached hydrogens (tertiary/aromatic N) is 1. The molecule has 0 spiro atoms. The van der Waals surface area contributed by atoms with Gasteiger partial charge in [0.1, 0.15) is 12.4 Å². The number of benzene rings is 1. The van der Waals surface area contributed by atoms with Crippen molar-refractivity contribution in [1.29, 1.82) is 0 Å². The second-order valence-corrected chi connectivity index (χ2v) is 5.26. The molecule has 19 heavy (non-hydrogen) atoms. The van der Waals surface area contributed by atoms with Crippen LogP contribution in [0.25, 0.3) is 0 Å². The summed E-state index contributed by atoms with van der Waals surface area (Å²) in [5.41, 5.74) is 1.04. The van der Waals surface area contributed by atoms with Crippen LogP contribution < -0.4 is 5.32 Å². The van der Waals surface area contributed by atoms with Crippen molar-refractivity contribution in [3.8, 4) is 0 Å². The third kappa shape index (κ3) is 4.03. The van der Waals surface area contributed by atoms with Gasteiger partial charge in [0.15, 0.2) is 6.54 Å². The molecule has 1 saturated heterocycles. The summed E-state index contributed by atoms with van der Waals surface area (Å²) in [5, 5.41) is 1.98. The van der Waals surface area contributed by atoms with Crippen LogP contribution in [0.3, 0.4) is 0 Å². The first-order chi connectivity index (χ1) is 9.16. The van der Waals surface area contributed by atoms with E-state index in [0.29, 0.717) is 19.1 Å². The summed E-state index contributed by atoms with van der Waals surface area (Å²) in [6.07, 6.45) is 3.46. The Labute approximate surface area is 113 Å². The number of halogens is 1. The van der Waals surface area contributed by atoms with E-state index in [-0.39, 0.29) is 11.7 Å². The van der Waals surface area contributed by atoms with Gasteiger partial charge in [-0.15, -0.1) is 0 Å². The van der Waals surface area contributed by atoms with Crippen LogP contribution in [-0.4, -0.2) is 29.9 Å². The zero-order chi connectivity index (χ0) is 13.7. The Morgan fingerprint density at radius 2 is 2.11 bits per heavy atom. The monoisotopic (exact) mass is 265 g/mol. The van der Waals surface area contributed by atoms with Crippen LogP contribution in [0, 0.1) is 5.82 Å². The third-order valence-corrected chi connectivity index (χ3v) is 3.74. The largest absolute Gasteiger partial charge is 0.335 e. The number of carbonyl (C=O) groups is 1. The average Bonchev–Trinajstić information content (AvgIpc) is 2.41. The van der Waals surface area contributed by atoms with Crippen LogP contribution in [-0.2, 0) is 11.3 Å². The molecule has 1 aromatic rings. The van der Waals surface area contributed by atoms with E-state index in [1.165, 1.54) is 18.6 Å². The molecule has 0 aromatic heterocycles. The number of hydrogen-bond acceptors (Lipinski definition) is 1. The van der Waals surface area contributed by atoms with E-state index < -0.39 is 0 Å². The first kappa shape index (κ1) is 14.0. The summed E-state index contributed by atoms with van der Waals surface area (Å²) in [4.78, 5) is 14.1. The van der Waals surface area contributed by atoms with Crippen LogP contribution in [0.2, 0.25) is 0 Å². The molecule has 1 aromatic carbocycles. The summed E-state index contributed by atoms with van der Waals surface area (Å²) < 4.78 is 12.8. The molecule has 3 nitrogen and oxygen atoms in total. The Morgan fingerprint density at radius 1 is 1.37 bits per heavy atom. The van der Waals surface area contributed by atoms with Gasteiger partial charge < -0.3 is 10.2 Å². The third-order valence-electron chi connectivity index (χ3n) is 3.74. The Bertz CT molecular complexity index is 419. The van der Waals surface area contributed by atoms with Gasteiger partial charge in [0.05, 0.1) is 0 Å². The van der Waals surface area contributed by atoms with E-state index in [2.05, 4.69) is 6.92 Å². The summed E-state index contributed by atoms with van der Waals surface area (Å²) >= 11 is 0. The van der Waals surface area contributed by atoms with Crippen molar-refractivity contribution in [3.05, 3.63) is 35.6 Å². The lowest BCUT2D eigenvalue weighted by Gasteiger charge is -2.32. The van der Waals surface area contributed by atoms with Crippen molar-refractivity contribution < 1.29 is 14.5 Å². The number of quaternary nitrogens is 1. The summed E-state index contributed by atoms with van der Waals surface area (Å²) in [5.74, 6) is -0.00344.